The van der Waals surface area contributed by atoms with Crippen LogP contribution in [-0.2, 0) is 0 Å². The first-order valence-electron chi connectivity index (χ1n) is 9.96. The maximum absolute atomic E-state index is 11.7. The van der Waals surface area contributed by atoms with E-state index in [9.17, 15) is 5.11 Å². The third-order valence-corrected chi connectivity index (χ3v) is 6.65. The fraction of sp³-hybridized carbons (Fsp3) is 0.714. The van der Waals surface area contributed by atoms with E-state index < -0.39 is 5.60 Å². The topological polar surface area (TPSA) is 26.7 Å². The molecule has 2 aliphatic rings. The Labute approximate surface area is 185 Å². The van der Waals surface area contributed by atoms with Crippen LogP contribution < -0.4 is 0 Å². The number of hydrogen-bond donors (Lipinski definition) is 1. The van der Waals surface area contributed by atoms with Crippen LogP contribution in [0, 0.1) is 0 Å². The van der Waals surface area contributed by atoms with Crippen LogP contribution in [0.15, 0.2) is 28.7 Å². The van der Waals surface area contributed by atoms with Crippen molar-refractivity contribution in [2.24, 2.45) is 0 Å². The van der Waals surface area contributed by atoms with Gasteiger partial charge in [0.1, 0.15) is 0 Å². The van der Waals surface area contributed by atoms with Crippen molar-refractivity contribution in [1.82, 2.24) is 9.80 Å². The van der Waals surface area contributed by atoms with Gasteiger partial charge in [0, 0.05) is 43.1 Å². The van der Waals surface area contributed by atoms with Crippen LogP contribution in [0.5, 0.6) is 0 Å². The predicted octanol–water partition coefficient (Wildman–Crippen LogP) is 5.10. The summed E-state index contributed by atoms with van der Waals surface area (Å²) >= 11 is 3.63. The van der Waals surface area contributed by atoms with Crippen LogP contribution in [0.3, 0.4) is 0 Å². The fourth-order valence-electron chi connectivity index (χ4n) is 4.46. The van der Waals surface area contributed by atoms with Crippen molar-refractivity contribution >= 4 is 40.7 Å². The molecule has 1 unspecified atom stereocenters. The van der Waals surface area contributed by atoms with Gasteiger partial charge in [0.25, 0.3) is 0 Å². The summed E-state index contributed by atoms with van der Waals surface area (Å²) in [6.45, 7) is 5.45. The molecule has 3 nitrogen and oxygen atoms in total. The average molecular weight is 482 g/mol. The molecule has 0 bridgehead atoms. The number of likely N-dealkylation sites (N-methyl/N-ethyl adjacent to an activating group) is 1. The molecule has 1 N–H and O–H groups in total. The molecule has 0 spiro atoms. The molecule has 2 fully saturated rings. The molecule has 1 atom stereocenters. The molecule has 1 heterocycles. The van der Waals surface area contributed by atoms with Gasteiger partial charge in [0.15, 0.2) is 0 Å². The number of aliphatic hydroxyl groups is 1. The van der Waals surface area contributed by atoms with Crippen LogP contribution in [0.2, 0.25) is 0 Å². The van der Waals surface area contributed by atoms with Crippen LogP contribution in [-0.4, -0.2) is 60.3 Å². The third kappa shape index (κ3) is 7.17. The Bertz CT molecular complexity index is 545. The minimum Gasteiger partial charge on any atom is -0.389 e. The summed E-state index contributed by atoms with van der Waals surface area (Å²) in [7, 11) is 2.20. The van der Waals surface area contributed by atoms with Crippen LogP contribution in [0.1, 0.15) is 56.4 Å². The quantitative estimate of drug-likeness (QED) is 0.647. The van der Waals surface area contributed by atoms with E-state index in [0.717, 1.165) is 62.9 Å². The van der Waals surface area contributed by atoms with Gasteiger partial charge in [-0.05, 0) is 37.6 Å². The minimum absolute atomic E-state index is 0. The Balaban J connectivity index is 0.00000182. The maximum atomic E-state index is 11.7. The summed E-state index contributed by atoms with van der Waals surface area (Å²) in [6, 6.07) is 8.63. The number of piperazine rings is 1. The van der Waals surface area contributed by atoms with E-state index in [4.69, 9.17) is 0 Å². The minimum atomic E-state index is -0.565. The summed E-state index contributed by atoms with van der Waals surface area (Å²) in [6.07, 6.45) is 8.06. The third-order valence-electron chi connectivity index (χ3n) is 6.16. The smallest absolute Gasteiger partial charge is 0.0728 e. The van der Waals surface area contributed by atoms with E-state index >= 15 is 0 Å². The molecule has 1 aliphatic carbocycles. The van der Waals surface area contributed by atoms with Crippen LogP contribution in [0.25, 0.3) is 0 Å². The molecule has 1 aromatic rings. The lowest BCUT2D eigenvalue weighted by atomic mass is 9.74. The maximum Gasteiger partial charge on any atom is 0.0728 e. The highest BCUT2D eigenvalue weighted by molar-refractivity contribution is 9.10. The van der Waals surface area contributed by atoms with Gasteiger partial charge in [-0.25, -0.2) is 0 Å². The summed E-state index contributed by atoms with van der Waals surface area (Å²) < 4.78 is 1.11. The number of nitrogens with zero attached hydrogens (tertiary/aromatic N) is 2. The van der Waals surface area contributed by atoms with Gasteiger partial charge in [0.2, 0.25) is 0 Å². The lowest BCUT2D eigenvalue weighted by Gasteiger charge is -2.42. The summed E-state index contributed by atoms with van der Waals surface area (Å²) in [5.74, 6) is 0.200. The Kier molecular flexibility index (Phi) is 11.2. The van der Waals surface area contributed by atoms with E-state index in [0.29, 0.717) is 0 Å². The van der Waals surface area contributed by atoms with E-state index in [2.05, 4.69) is 57.0 Å². The first-order valence-corrected chi connectivity index (χ1v) is 10.7. The number of halogens is 3. The van der Waals surface area contributed by atoms with Gasteiger partial charge in [0.05, 0.1) is 5.60 Å². The number of rotatable bonds is 4. The highest BCUT2D eigenvalue weighted by Gasteiger charge is 2.38. The van der Waals surface area contributed by atoms with Gasteiger partial charge in [-0.3, -0.25) is 0 Å². The van der Waals surface area contributed by atoms with Crippen LogP contribution >= 0.6 is 40.7 Å². The predicted molar refractivity (Wildman–Crippen MR) is 123 cm³/mol. The van der Waals surface area contributed by atoms with Crippen molar-refractivity contribution in [3.63, 3.8) is 0 Å². The standard InChI is InChI=1S/C21H33BrN2O.2ClH/c1-23-12-14-24(15-13-23)17-20(18-8-7-9-19(22)16-18)21(25)10-5-3-2-4-6-11-21;;/h7-9,16,20,25H,2-6,10-15,17H2,1H3;2*1H. The second kappa shape index (κ2) is 12.0. The van der Waals surface area contributed by atoms with Crippen LogP contribution in [0.4, 0.5) is 0 Å². The van der Waals surface area contributed by atoms with Crippen molar-refractivity contribution in [2.45, 2.75) is 56.5 Å². The molecule has 1 aromatic carbocycles. The monoisotopic (exact) mass is 480 g/mol. The molecule has 3 rings (SSSR count). The Morgan fingerprint density at radius 3 is 2.19 bits per heavy atom. The molecule has 6 heteroatoms. The first-order chi connectivity index (χ1) is 12.1. The summed E-state index contributed by atoms with van der Waals surface area (Å²) in [5.41, 5.74) is 0.723. The molecular weight excluding hydrogens is 447 g/mol. The number of hydrogen-bond acceptors (Lipinski definition) is 3. The van der Waals surface area contributed by atoms with E-state index in [1.807, 2.05) is 0 Å². The molecule has 1 saturated carbocycles. The van der Waals surface area contributed by atoms with Gasteiger partial charge in [-0.2, -0.15) is 0 Å². The molecule has 0 aromatic heterocycles. The SMILES string of the molecule is CN1CCN(CC(c2cccc(Br)c2)C2(O)CCCCCCC2)CC1.Cl.Cl. The van der Waals surface area contributed by atoms with E-state index in [-0.39, 0.29) is 30.7 Å². The van der Waals surface area contributed by atoms with E-state index in [1.165, 1.54) is 24.8 Å². The average Bonchev–Trinajstić information content (AvgIpc) is 2.58. The van der Waals surface area contributed by atoms with Crippen molar-refractivity contribution in [3.8, 4) is 0 Å². The normalized spacial score (nSPS) is 22.6. The number of benzene rings is 1. The zero-order chi connectivity index (χ0) is 17.7. The Hall–Kier alpha value is 0.160. The first kappa shape index (κ1) is 25.2. The van der Waals surface area contributed by atoms with Crippen molar-refractivity contribution in [2.75, 3.05) is 39.8 Å². The lowest BCUT2D eigenvalue weighted by Crippen LogP contribution is -2.49. The Morgan fingerprint density at radius 1 is 1.00 bits per heavy atom. The van der Waals surface area contributed by atoms with Gasteiger partial charge in [-0.15, -0.1) is 24.8 Å². The summed E-state index contributed by atoms with van der Waals surface area (Å²) in [5, 5.41) is 11.7. The largest absolute Gasteiger partial charge is 0.389 e. The molecule has 1 aliphatic heterocycles. The summed E-state index contributed by atoms with van der Waals surface area (Å²) in [4.78, 5) is 4.96. The molecule has 1 saturated heterocycles. The van der Waals surface area contributed by atoms with Crippen molar-refractivity contribution < 1.29 is 5.11 Å². The fourth-order valence-corrected chi connectivity index (χ4v) is 4.88. The highest BCUT2D eigenvalue weighted by atomic mass is 79.9. The molecule has 27 heavy (non-hydrogen) atoms. The Morgan fingerprint density at radius 2 is 1.59 bits per heavy atom. The van der Waals surface area contributed by atoms with Gasteiger partial charge in [-0.1, -0.05) is 60.2 Å². The van der Waals surface area contributed by atoms with E-state index in [1.54, 1.807) is 0 Å². The zero-order valence-electron chi connectivity index (χ0n) is 16.4. The van der Waals surface area contributed by atoms with Crippen molar-refractivity contribution in [1.29, 1.82) is 0 Å². The molecule has 0 amide bonds. The second-order valence-electron chi connectivity index (χ2n) is 8.08. The molecule has 0 radical (unpaired) electrons. The zero-order valence-corrected chi connectivity index (χ0v) is 19.6. The van der Waals surface area contributed by atoms with Gasteiger partial charge >= 0.3 is 0 Å². The second-order valence-corrected chi connectivity index (χ2v) is 9.00. The highest BCUT2D eigenvalue weighted by Crippen LogP contribution is 2.39. The van der Waals surface area contributed by atoms with Gasteiger partial charge < -0.3 is 14.9 Å². The van der Waals surface area contributed by atoms with Crippen molar-refractivity contribution in [3.05, 3.63) is 34.3 Å². The molecule has 156 valence electrons. The lowest BCUT2D eigenvalue weighted by molar-refractivity contribution is -0.0254. The molecular formula is C21H35BrCl2N2O.